The maximum absolute atomic E-state index is 11.6. The fourth-order valence-corrected chi connectivity index (χ4v) is 2.88. The van der Waals surface area contributed by atoms with Crippen LogP contribution < -0.4 is 5.73 Å². The summed E-state index contributed by atoms with van der Waals surface area (Å²) in [7, 11) is 1.29. The topological polar surface area (TPSA) is 111 Å². The molecule has 2 aromatic heterocycles. The lowest BCUT2D eigenvalue weighted by Crippen LogP contribution is -2.07. The van der Waals surface area contributed by atoms with Gasteiger partial charge in [0.1, 0.15) is 17.6 Å². The lowest BCUT2D eigenvalue weighted by atomic mass is 9.93. The molecule has 0 saturated carbocycles. The first kappa shape index (κ1) is 16.0. The number of pyridine rings is 1. The molecule has 3 heterocycles. The van der Waals surface area contributed by atoms with E-state index in [1.54, 1.807) is 13.0 Å². The molecule has 1 aliphatic heterocycles. The number of aryl methyl sites for hydroxylation is 1. The third-order valence-electron chi connectivity index (χ3n) is 4.14. The number of rotatable bonds is 3. The summed E-state index contributed by atoms with van der Waals surface area (Å²) in [5.41, 5.74) is 8.38. The van der Waals surface area contributed by atoms with Crippen LogP contribution in [0.5, 0.6) is 0 Å². The third-order valence-corrected chi connectivity index (χ3v) is 4.14. The molecule has 1 saturated heterocycles. The van der Waals surface area contributed by atoms with Gasteiger partial charge in [0.2, 0.25) is 5.76 Å². The normalized spacial score (nSPS) is 16.8. The van der Waals surface area contributed by atoms with Crippen LogP contribution in [0.3, 0.4) is 0 Å². The molecule has 1 fully saturated rings. The van der Waals surface area contributed by atoms with Gasteiger partial charge < -0.3 is 19.6 Å². The van der Waals surface area contributed by atoms with Crippen molar-refractivity contribution in [2.24, 2.45) is 0 Å². The van der Waals surface area contributed by atoms with E-state index in [-0.39, 0.29) is 17.5 Å². The summed E-state index contributed by atoms with van der Waals surface area (Å²) in [4.78, 5) is 15.9. The Kier molecular flexibility index (Phi) is 4.23. The van der Waals surface area contributed by atoms with Crippen LogP contribution in [0.1, 0.15) is 39.8 Å². The number of ether oxygens (including phenoxy) is 2. The third kappa shape index (κ3) is 2.72. The molecule has 24 heavy (non-hydrogen) atoms. The van der Waals surface area contributed by atoms with Gasteiger partial charge in [-0.1, -0.05) is 0 Å². The van der Waals surface area contributed by atoms with Gasteiger partial charge in [0, 0.05) is 24.2 Å². The molecule has 7 heteroatoms. The number of hydrogen-bond donors (Lipinski definition) is 1. The van der Waals surface area contributed by atoms with Crippen molar-refractivity contribution in [3.8, 4) is 17.3 Å². The van der Waals surface area contributed by atoms with Crippen molar-refractivity contribution in [3.05, 3.63) is 34.8 Å². The monoisotopic (exact) mass is 327 g/mol. The average Bonchev–Trinajstić information content (AvgIpc) is 3.23. The second kappa shape index (κ2) is 6.34. The van der Waals surface area contributed by atoms with Crippen molar-refractivity contribution in [2.75, 3.05) is 26.1 Å². The summed E-state index contributed by atoms with van der Waals surface area (Å²) in [5.74, 6) is 0.338. The summed E-state index contributed by atoms with van der Waals surface area (Å²) in [6, 6.07) is 5.53. The zero-order valence-electron chi connectivity index (χ0n) is 13.5. The fraction of sp³-hybridized carbons (Fsp3) is 0.353. The van der Waals surface area contributed by atoms with E-state index in [2.05, 4.69) is 15.8 Å². The van der Waals surface area contributed by atoms with E-state index in [4.69, 9.17) is 14.9 Å². The van der Waals surface area contributed by atoms with Crippen molar-refractivity contribution in [2.45, 2.75) is 19.3 Å². The van der Waals surface area contributed by atoms with Gasteiger partial charge in [0.05, 0.1) is 25.0 Å². The van der Waals surface area contributed by atoms with Gasteiger partial charge >= 0.3 is 5.97 Å². The number of hydrogen-bond acceptors (Lipinski definition) is 7. The minimum Gasteiger partial charge on any atom is -0.463 e. The quantitative estimate of drug-likeness (QED) is 0.861. The van der Waals surface area contributed by atoms with E-state index in [1.165, 1.54) is 7.11 Å². The van der Waals surface area contributed by atoms with Gasteiger partial charge in [-0.3, -0.25) is 0 Å². The predicted molar refractivity (Wildman–Crippen MR) is 85.3 cm³/mol. The number of nitrogens with two attached hydrogens (primary N) is 1. The maximum Gasteiger partial charge on any atom is 0.373 e. The maximum atomic E-state index is 11.6. The second-order valence-electron chi connectivity index (χ2n) is 5.60. The largest absolute Gasteiger partial charge is 0.463 e. The first-order chi connectivity index (χ1) is 11.5. The minimum absolute atomic E-state index is 0.0977. The van der Waals surface area contributed by atoms with E-state index >= 15 is 0 Å². The van der Waals surface area contributed by atoms with Crippen LogP contribution in [0, 0.1) is 18.3 Å². The van der Waals surface area contributed by atoms with Crippen molar-refractivity contribution in [1.82, 2.24) is 4.98 Å². The van der Waals surface area contributed by atoms with Crippen LogP contribution >= 0.6 is 0 Å². The van der Waals surface area contributed by atoms with E-state index in [0.29, 0.717) is 35.8 Å². The minimum atomic E-state index is -0.560. The Labute approximate surface area is 139 Å². The van der Waals surface area contributed by atoms with Crippen molar-refractivity contribution in [3.63, 3.8) is 0 Å². The van der Waals surface area contributed by atoms with Crippen LogP contribution in [-0.2, 0) is 9.47 Å². The van der Waals surface area contributed by atoms with Crippen LogP contribution in [0.2, 0.25) is 0 Å². The Morgan fingerprint density at radius 3 is 2.92 bits per heavy atom. The molecule has 7 nitrogen and oxygen atoms in total. The van der Waals surface area contributed by atoms with Gasteiger partial charge in [0.25, 0.3) is 0 Å². The van der Waals surface area contributed by atoms with Crippen molar-refractivity contribution >= 4 is 11.8 Å². The summed E-state index contributed by atoms with van der Waals surface area (Å²) in [5, 5.41) is 9.39. The van der Waals surface area contributed by atoms with Crippen molar-refractivity contribution < 1.29 is 18.7 Å². The Morgan fingerprint density at radius 1 is 1.50 bits per heavy atom. The molecule has 2 N–H and O–H groups in total. The summed E-state index contributed by atoms with van der Waals surface area (Å²) < 4.78 is 15.5. The van der Waals surface area contributed by atoms with E-state index in [1.807, 2.05) is 6.07 Å². The van der Waals surface area contributed by atoms with Gasteiger partial charge in [-0.15, -0.1) is 0 Å². The fourth-order valence-electron chi connectivity index (χ4n) is 2.88. The number of esters is 1. The molecule has 3 rings (SSSR count). The van der Waals surface area contributed by atoms with Crippen LogP contribution in [0.15, 0.2) is 16.5 Å². The molecule has 1 atom stereocenters. The number of anilines is 1. The molecule has 2 aromatic rings. The molecule has 0 unspecified atom stereocenters. The molecule has 1 aliphatic rings. The summed E-state index contributed by atoms with van der Waals surface area (Å²) in [6.45, 7) is 2.94. The number of aromatic nitrogens is 1. The number of methoxy groups -OCH3 is 1. The molecule has 0 amide bonds. The van der Waals surface area contributed by atoms with Crippen LogP contribution in [0.25, 0.3) is 11.3 Å². The lowest BCUT2D eigenvalue weighted by molar-refractivity contribution is 0.0563. The van der Waals surface area contributed by atoms with E-state index in [0.717, 1.165) is 12.0 Å². The highest BCUT2D eigenvalue weighted by Gasteiger charge is 2.25. The number of nitrogens with zero attached hydrogens (tertiary/aromatic N) is 2. The van der Waals surface area contributed by atoms with Gasteiger partial charge in [0.15, 0.2) is 0 Å². The molecular weight excluding hydrogens is 310 g/mol. The smallest absolute Gasteiger partial charge is 0.373 e. The van der Waals surface area contributed by atoms with Crippen molar-refractivity contribution in [1.29, 1.82) is 5.26 Å². The highest BCUT2D eigenvalue weighted by Crippen LogP contribution is 2.34. The van der Waals surface area contributed by atoms with Gasteiger partial charge in [-0.2, -0.15) is 5.26 Å². The zero-order valence-corrected chi connectivity index (χ0v) is 13.5. The average molecular weight is 327 g/mol. The predicted octanol–water partition coefficient (Wildman–Crippen LogP) is 2.39. The number of furan rings is 1. The highest BCUT2D eigenvalue weighted by atomic mass is 16.5. The Balaban J connectivity index is 2.11. The van der Waals surface area contributed by atoms with Gasteiger partial charge in [-0.05, 0) is 25.0 Å². The summed E-state index contributed by atoms with van der Waals surface area (Å²) in [6.07, 6.45) is 0.829. The standard InChI is InChI=1S/C17H17N3O4/c1-9-11(6-15(24-9)17(21)22-2)14-5-12(10-3-4-23-8-10)13(7-18)16(19)20-14/h5-6,10H,3-4,8H2,1-2H3,(H2,19,20)/t10-/m0/s1. The molecule has 124 valence electrons. The number of nitriles is 1. The molecule has 0 aromatic carbocycles. The molecule has 0 bridgehead atoms. The van der Waals surface area contributed by atoms with E-state index in [9.17, 15) is 10.1 Å². The Hall–Kier alpha value is -2.85. The molecular formula is C17H17N3O4. The summed E-state index contributed by atoms with van der Waals surface area (Å²) >= 11 is 0. The highest BCUT2D eigenvalue weighted by molar-refractivity contribution is 5.88. The number of carbonyl (C=O) groups excluding carboxylic acids is 1. The second-order valence-corrected chi connectivity index (χ2v) is 5.60. The van der Waals surface area contributed by atoms with Crippen LogP contribution in [-0.4, -0.2) is 31.3 Å². The number of nitrogen functional groups attached to an aromatic ring is 1. The SMILES string of the molecule is COC(=O)c1cc(-c2cc([C@H]3CCOC3)c(C#N)c(N)n2)c(C)o1. The first-order valence-electron chi connectivity index (χ1n) is 7.52. The molecule has 0 radical (unpaired) electrons. The molecule has 0 spiro atoms. The zero-order chi connectivity index (χ0) is 17.3. The lowest BCUT2D eigenvalue weighted by Gasteiger charge is -2.13. The van der Waals surface area contributed by atoms with E-state index < -0.39 is 5.97 Å². The Morgan fingerprint density at radius 2 is 2.29 bits per heavy atom. The van der Waals surface area contributed by atoms with Gasteiger partial charge in [-0.25, -0.2) is 9.78 Å². The Bertz CT molecular complexity index is 829. The first-order valence-corrected chi connectivity index (χ1v) is 7.52. The van der Waals surface area contributed by atoms with Crippen LogP contribution in [0.4, 0.5) is 5.82 Å². The number of carbonyl (C=O) groups is 1. The molecule has 0 aliphatic carbocycles.